The molecule has 0 atom stereocenters. The molecule has 1 saturated heterocycles. The van der Waals surface area contributed by atoms with Crippen molar-refractivity contribution < 1.29 is 14.3 Å². The molecular weight excluding hydrogens is 534 g/mol. The maximum Gasteiger partial charge on any atom is 0.257 e. The summed E-state index contributed by atoms with van der Waals surface area (Å²) in [4.78, 5) is 25.2. The van der Waals surface area contributed by atoms with E-state index in [1.807, 2.05) is 53.7 Å². The molecule has 0 radical (unpaired) electrons. The number of carbonyl (C=O) groups excluding carboxylic acids is 1. The molecule has 1 fully saturated rings. The minimum absolute atomic E-state index is 0.161. The normalized spacial score (nSPS) is 14.3. The van der Waals surface area contributed by atoms with Gasteiger partial charge in [-0.05, 0) is 44.9 Å². The number of nitrogens with one attached hydrogen (secondary N) is 3. The van der Waals surface area contributed by atoms with E-state index < -0.39 is 0 Å². The molecule has 1 aromatic carbocycles. The summed E-state index contributed by atoms with van der Waals surface area (Å²) in [6.07, 6.45) is 5.22. The lowest BCUT2D eigenvalue weighted by atomic mass is 10.0. The molecule has 3 N–H and O–H groups in total. The number of ether oxygens (including phenoxy) is 2. The summed E-state index contributed by atoms with van der Waals surface area (Å²) < 4.78 is 14.8. The van der Waals surface area contributed by atoms with Crippen molar-refractivity contribution in [3.63, 3.8) is 0 Å². The first kappa shape index (κ1) is 27.7. The molecule has 0 saturated carbocycles. The number of methoxy groups -OCH3 is 2. The molecule has 220 valence electrons. The number of nitrogens with zero attached hydrogens (tertiary/aromatic N) is 6. The summed E-state index contributed by atoms with van der Waals surface area (Å²) in [5, 5.41) is 14.4. The van der Waals surface area contributed by atoms with Gasteiger partial charge in [0.2, 0.25) is 5.95 Å². The van der Waals surface area contributed by atoms with Gasteiger partial charge in [-0.1, -0.05) is 0 Å². The van der Waals surface area contributed by atoms with Gasteiger partial charge in [-0.15, -0.1) is 0 Å². The fraction of sp³-hybridized carbons (Fsp3) is 0.400. The Bertz CT molecular complexity index is 1600. The Hall–Kier alpha value is -4.42. The van der Waals surface area contributed by atoms with Crippen LogP contribution in [-0.2, 0) is 24.1 Å². The minimum Gasteiger partial charge on any atom is -0.494 e. The molecule has 2 aliphatic heterocycles. The zero-order chi connectivity index (χ0) is 29.2. The summed E-state index contributed by atoms with van der Waals surface area (Å²) in [6, 6.07) is 8.00. The van der Waals surface area contributed by atoms with Crippen LogP contribution >= 0.6 is 0 Å². The molecule has 6 rings (SSSR count). The Morgan fingerprint density at radius 2 is 1.95 bits per heavy atom. The standard InChI is InChI=1S/C30H37N9O3/c1-19-27(20(2)39(36-19)15-16-41-3)34-29(40)23-9-12-38-25(23)8-5-21-18-32-30(35-28(21)38)33-24-7-6-22(17-26(24)42-4)37-13-10-31-11-14-37/h6-7,9,12,17-18,31H,5,8,10-11,13-16H2,1-4H3,(H,34,40)(H,32,33,35). The topological polar surface area (TPSA) is 123 Å². The highest BCUT2D eigenvalue weighted by atomic mass is 16.5. The third-order valence-electron chi connectivity index (χ3n) is 7.98. The van der Waals surface area contributed by atoms with Crippen molar-refractivity contribution in [1.82, 2.24) is 29.6 Å². The van der Waals surface area contributed by atoms with E-state index in [1.54, 1.807) is 14.2 Å². The number of anilines is 4. The monoisotopic (exact) mass is 571 g/mol. The van der Waals surface area contributed by atoms with Gasteiger partial charge in [0.1, 0.15) is 11.6 Å². The Kier molecular flexibility index (Phi) is 7.81. The number of amides is 1. The summed E-state index contributed by atoms with van der Waals surface area (Å²) in [6.45, 7) is 8.88. The summed E-state index contributed by atoms with van der Waals surface area (Å²) >= 11 is 0. The summed E-state index contributed by atoms with van der Waals surface area (Å²) in [5.74, 6) is 1.80. The number of aryl methyl sites for hydroxylation is 2. The predicted octanol–water partition coefficient (Wildman–Crippen LogP) is 3.24. The van der Waals surface area contributed by atoms with Gasteiger partial charge in [-0.25, -0.2) is 4.98 Å². The molecule has 0 unspecified atom stereocenters. The van der Waals surface area contributed by atoms with Crippen molar-refractivity contribution in [2.24, 2.45) is 0 Å². The lowest BCUT2D eigenvalue weighted by molar-refractivity contribution is 0.102. The van der Waals surface area contributed by atoms with E-state index in [4.69, 9.17) is 14.5 Å². The van der Waals surface area contributed by atoms with Crippen LogP contribution < -0.4 is 25.6 Å². The van der Waals surface area contributed by atoms with Gasteiger partial charge in [-0.2, -0.15) is 10.1 Å². The van der Waals surface area contributed by atoms with E-state index in [9.17, 15) is 4.79 Å². The number of rotatable bonds is 9. The predicted molar refractivity (Wildman–Crippen MR) is 162 cm³/mol. The van der Waals surface area contributed by atoms with Gasteiger partial charge in [0.15, 0.2) is 0 Å². The van der Waals surface area contributed by atoms with Gasteiger partial charge in [-0.3, -0.25) is 9.48 Å². The third-order valence-corrected chi connectivity index (χ3v) is 7.98. The van der Waals surface area contributed by atoms with Crippen LogP contribution in [0.3, 0.4) is 0 Å². The average Bonchev–Trinajstić information content (AvgIpc) is 3.57. The van der Waals surface area contributed by atoms with Crippen LogP contribution in [0.2, 0.25) is 0 Å². The second-order valence-electron chi connectivity index (χ2n) is 10.6. The molecule has 3 aromatic heterocycles. The van der Waals surface area contributed by atoms with Crippen molar-refractivity contribution in [3.8, 4) is 11.6 Å². The second kappa shape index (κ2) is 11.8. The van der Waals surface area contributed by atoms with Crippen molar-refractivity contribution in [3.05, 3.63) is 64.9 Å². The Labute approximate surface area is 245 Å². The van der Waals surface area contributed by atoms with Gasteiger partial charge in [0.05, 0.1) is 48.6 Å². The largest absolute Gasteiger partial charge is 0.494 e. The molecule has 5 heterocycles. The van der Waals surface area contributed by atoms with E-state index in [1.165, 1.54) is 0 Å². The van der Waals surface area contributed by atoms with Gasteiger partial charge in [0, 0.05) is 68.7 Å². The lowest BCUT2D eigenvalue weighted by Crippen LogP contribution is -2.43. The van der Waals surface area contributed by atoms with Crippen LogP contribution in [0.1, 0.15) is 33.0 Å². The van der Waals surface area contributed by atoms with Crippen molar-refractivity contribution in [2.45, 2.75) is 33.2 Å². The minimum atomic E-state index is -0.161. The van der Waals surface area contributed by atoms with Crippen LogP contribution in [0.15, 0.2) is 36.7 Å². The molecular formula is C30H37N9O3. The van der Waals surface area contributed by atoms with E-state index in [0.717, 1.165) is 83.9 Å². The van der Waals surface area contributed by atoms with Crippen molar-refractivity contribution in [2.75, 3.05) is 62.5 Å². The molecule has 42 heavy (non-hydrogen) atoms. The number of carbonyl (C=O) groups is 1. The first-order valence-electron chi connectivity index (χ1n) is 14.3. The van der Waals surface area contributed by atoms with E-state index >= 15 is 0 Å². The first-order chi connectivity index (χ1) is 20.5. The zero-order valence-corrected chi connectivity index (χ0v) is 24.5. The number of hydrogen-bond donors (Lipinski definition) is 3. The fourth-order valence-corrected chi connectivity index (χ4v) is 5.70. The molecule has 12 nitrogen and oxygen atoms in total. The van der Waals surface area contributed by atoms with Crippen LogP contribution in [0.25, 0.3) is 5.82 Å². The lowest BCUT2D eigenvalue weighted by Gasteiger charge is -2.30. The number of aromatic nitrogens is 5. The van der Waals surface area contributed by atoms with Gasteiger partial charge in [0.25, 0.3) is 5.91 Å². The van der Waals surface area contributed by atoms with Crippen LogP contribution in [-0.4, -0.2) is 77.2 Å². The SMILES string of the molecule is COCCn1nc(C)c(NC(=O)c2ccn3c2CCc2cnc(Nc4ccc(N5CCNCC5)cc4OC)nc2-3)c1C. The summed E-state index contributed by atoms with van der Waals surface area (Å²) in [5.41, 5.74) is 6.90. The fourth-order valence-electron chi connectivity index (χ4n) is 5.70. The third kappa shape index (κ3) is 5.30. The maximum absolute atomic E-state index is 13.5. The van der Waals surface area contributed by atoms with E-state index in [2.05, 4.69) is 37.0 Å². The van der Waals surface area contributed by atoms with Crippen molar-refractivity contribution in [1.29, 1.82) is 0 Å². The van der Waals surface area contributed by atoms with Gasteiger partial charge >= 0.3 is 0 Å². The molecule has 1 amide bonds. The Morgan fingerprint density at radius 3 is 2.74 bits per heavy atom. The smallest absolute Gasteiger partial charge is 0.257 e. The number of fused-ring (bicyclic) bond motifs is 3. The second-order valence-corrected chi connectivity index (χ2v) is 10.6. The Balaban J connectivity index is 1.23. The van der Waals surface area contributed by atoms with Gasteiger partial charge < -0.3 is 34.9 Å². The molecule has 4 aromatic rings. The molecule has 2 aliphatic rings. The molecule has 0 spiro atoms. The zero-order valence-electron chi connectivity index (χ0n) is 24.5. The summed E-state index contributed by atoms with van der Waals surface area (Å²) in [7, 11) is 3.33. The molecule has 0 aliphatic carbocycles. The highest BCUT2D eigenvalue weighted by Gasteiger charge is 2.25. The highest BCUT2D eigenvalue weighted by Crippen LogP contribution is 2.33. The number of hydrogen-bond acceptors (Lipinski definition) is 9. The number of piperazine rings is 1. The number of benzene rings is 1. The quantitative estimate of drug-likeness (QED) is 0.278. The maximum atomic E-state index is 13.5. The van der Waals surface area contributed by atoms with Crippen LogP contribution in [0.5, 0.6) is 5.75 Å². The van der Waals surface area contributed by atoms with E-state index in [0.29, 0.717) is 31.1 Å². The van der Waals surface area contributed by atoms with Crippen LogP contribution in [0.4, 0.5) is 23.0 Å². The van der Waals surface area contributed by atoms with Crippen molar-refractivity contribution >= 4 is 28.9 Å². The highest BCUT2D eigenvalue weighted by molar-refractivity contribution is 6.06. The van der Waals surface area contributed by atoms with E-state index in [-0.39, 0.29) is 5.91 Å². The first-order valence-corrected chi connectivity index (χ1v) is 14.3. The molecule has 12 heteroatoms. The average molecular weight is 572 g/mol. The molecule has 0 bridgehead atoms. The van der Waals surface area contributed by atoms with Crippen LogP contribution in [0, 0.1) is 13.8 Å². The Morgan fingerprint density at radius 1 is 1.12 bits per heavy atom.